The van der Waals surface area contributed by atoms with Gasteiger partial charge in [-0.15, -0.1) is 0 Å². The number of hydrogen-bond acceptors (Lipinski definition) is 59. The van der Waals surface area contributed by atoms with Crippen molar-refractivity contribution in [1.29, 1.82) is 0 Å². The van der Waals surface area contributed by atoms with E-state index in [0.717, 1.165) is 6.92 Å². The predicted octanol–water partition coefficient (Wildman–Crippen LogP) is -24.9. The number of hydrogen-bond donors (Lipinski definition) is 36. The number of carbonyl (C=O) groups is 2. The Morgan fingerprint density at radius 2 is 0.429 bits per heavy atom. The Balaban J connectivity index is 0.955. The minimum atomic E-state index is -3.05. The van der Waals surface area contributed by atoms with Crippen molar-refractivity contribution in [1.82, 2.24) is 0 Å². The van der Waals surface area contributed by atoms with E-state index in [1.807, 2.05) is 0 Å². The van der Waals surface area contributed by atoms with E-state index in [9.17, 15) is 193 Å². The lowest BCUT2D eigenvalue weighted by atomic mass is 9.94. The Labute approximate surface area is 747 Å². The van der Waals surface area contributed by atoms with Crippen LogP contribution in [0.25, 0.3) is 0 Å². The summed E-state index contributed by atoms with van der Waals surface area (Å²) in [7, 11) is 0. The number of ether oxygens (including phenoxy) is 23. The largest absolute Gasteiger partial charge is 0.479 e. The molecule has 772 valence electrons. The second kappa shape index (κ2) is 45.9. The third-order valence-corrected chi connectivity index (χ3v) is 24.9. The molecule has 60 atom stereocenters. The van der Waals surface area contributed by atoms with Crippen molar-refractivity contribution in [2.75, 3.05) is 52.9 Å². The van der Waals surface area contributed by atoms with Gasteiger partial charge in [0.15, 0.2) is 87.7 Å². The van der Waals surface area contributed by atoms with Crippen molar-refractivity contribution in [2.45, 2.75) is 382 Å². The van der Waals surface area contributed by atoms with E-state index in [2.05, 4.69) is 0 Å². The highest BCUT2D eigenvalue weighted by molar-refractivity contribution is 5.74. The number of carboxylic acids is 2. The normalized spacial score (nSPS) is 53.7. The van der Waals surface area contributed by atoms with Crippen molar-refractivity contribution in [3.63, 3.8) is 0 Å². The molecule has 61 nitrogen and oxygen atoms in total. The van der Waals surface area contributed by atoms with E-state index < -0.39 is 433 Å². The van der Waals surface area contributed by atoms with Crippen molar-refractivity contribution in [3.05, 3.63) is 0 Å². The van der Waals surface area contributed by atoms with Crippen molar-refractivity contribution < 1.29 is 302 Å². The van der Waals surface area contributed by atoms with Gasteiger partial charge < -0.3 is 293 Å². The minimum Gasteiger partial charge on any atom is -0.479 e. The molecule has 12 rings (SSSR count). The average Bonchev–Trinajstić information content (AvgIpc) is 0.753. The zero-order valence-electron chi connectivity index (χ0n) is 69.6. The monoisotopic (exact) mass is 1960 g/mol. The van der Waals surface area contributed by atoms with Crippen LogP contribution < -0.4 is 0 Å². The summed E-state index contributed by atoms with van der Waals surface area (Å²) in [6, 6.07) is 0. The van der Waals surface area contributed by atoms with Gasteiger partial charge in [0.2, 0.25) is 0 Å². The number of aliphatic hydroxyl groups excluding tert-OH is 34. The Kier molecular flexibility index (Phi) is 37.5. The molecule has 12 fully saturated rings. The van der Waals surface area contributed by atoms with Gasteiger partial charge in [0, 0.05) is 0 Å². The van der Waals surface area contributed by atoms with Crippen LogP contribution in [0, 0.1) is 0 Å². The van der Waals surface area contributed by atoms with Crippen LogP contribution in [0.4, 0.5) is 0 Å². The molecule has 0 radical (unpaired) electrons. The van der Waals surface area contributed by atoms with Gasteiger partial charge in [0.1, 0.15) is 269 Å². The van der Waals surface area contributed by atoms with Crippen LogP contribution >= 0.6 is 0 Å². The summed E-state index contributed by atoms with van der Waals surface area (Å²) in [5, 5.41) is 403. The second-order valence-electron chi connectivity index (χ2n) is 33.7. The summed E-state index contributed by atoms with van der Waals surface area (Å²) < 4.78 is 134. The summed E-state index contributed by atoms with van der Waals surface area (Å²) in [5.74, 6) is -4.40. The van der Waals surface area contributed by atoms with E-state index in [1.165, 1.54) is 6.92 Å². The maximum absolute atomic E-state index is 14.5. The topological polar surface area (TPSA) is 975 Å². The van der Waals surface area contributed by atoms with Gasteiger partial charge in [-0.05, 0) is 13.8 Å². The molecule has 36 N–H and O–H groups in total. The van der Waals surface area contributed by atoms with Crippen LogP contribution in [0.2, 0.25) is 0 Å². The Hall–Kier alpha value is -3.34. The predicted molar refractivity (Wildman–Crippen MR) is 393 cm³/mol. The Morgan fingerprint density at radius 3 is 0.827 bits per heavy atom. The fraction of sp³-hybridized carbons (Fsp3) is 0.972. The summed E-state index contributed by atoms with van der Waals surface area (Å²) >= 11 is 0. The zero-order valence-corrected chi connectivity index (χ0v) is 69.6. The highest BCUT2D eigenvalue weighted by Crippen LogP contribution is 2.44. The number of carboxylic acid groups (broad SMARTS) is 2. The van der Waals surface area contributed by atoms with Crippen LogP contribution in [0.5, 0.6) is 0 Å². The SMILES string of the molecule is C[C@@H]1O[C@@H](O[C@H]2[C@H](O)[C@@H](O)[C@@H](O[C@@H]3[C@H](O)[C@@H](O[C@@H]4[C@@H](O)[C@H](O[C@@H]5[C@@H](O[C@H]6O[C@H](CO)[C@H](O)[C@H](O)[C@H]6O)[C@@H](O[C@@H]6[C@H](O)[C@@H](O[C@@H]7[C@@H](O)[C@H](O)O[C@H](CO)[C@H]7O)O[C@H](CO[C@@H]7O[C@H](CO)[C@H](O)[C@H](O)[C@H]7O)[C@H]6O)O[C@H](C(=O)O)[C@H]5O[C@@H]5O[C@@H](C)[C@H](O)[C@@H](O)[C@H]5O[C@@H]5O[C@H](CO)[C@H](O)[C@H](O)[C@H]5O)O[C@H](CO)[C@H]4O)O[C@H](CO[C@@H]4O[C@H](CO)[C@H](O)[C@H](O)[C@H]4O)[C@H]3O)O[C@@H]2C(=O)O)[C@H](O)[C@H](O)[C@H]1O. The molecule has 12 aliphatic heterocycles. The van der Waals surface area contributed by atoms with Gasteiger partial charge in [0.05, 0.1) is 65.1 Å². The van der Waals surface area contributed by atoms with Crippen LogP contribution in [-0.4, -0.2) is 617 Å². The average molecular weight is 1960 g/mol. The first-order chi connectivity index (χ1) is 62.8. The molecule has 12 aliphatic rings. The van der Waals surface area contributed by atoms with Gasteiger partial charge in [-0.25, -0.2) is 9.59 Å². The molecule has 12 heterocycles. The molecule has 0 bridgehead atoms. The van der Waals surface area contributed by atoms with E-state index in [-0.39, 0.29) is 0 Å². The Morgan fingerprint density at radius 1 is 0.195 bits per heavy atom. The third-order valence-electron chi connectivity index (χ3n) is 24.9. The van der Waals surface area contributed by atoms with Crippen LogP contribution in [-0.2, 0) is 119 Å². The van der Waals surface area contributed by atoms with E-state index in [0.29, 0.717) is 0 Å². The lowest BCUT2D eigenvalue weighted by molar-refractivity contribution is -0.425. The maximum atomic E-state index is 14.5. The minimum absolute atomic E-state index is 1.04. The van der Waals surface area contributed by atoms with Crippen LogP contribution in [0.15, 0.2) is 0 Å². The van der Waals surface area contributed by atoms with E-state index >= 15 is 0 Å². The van der Waals surface area contributed by atoms with Crippen LogP contribution in [0.1, 0.15) is 13.8 Å². The summed E-state index contributed by atoms with van der Waals surface area (Å²) in [4.78, 5) is 27.5. The van der Waals surface area contributed by atoms with Gasteiger partial charge >= 0.3 is 11.9 Å². The number of rotatable bonds is 32. The highest BCUT2D eigenvalue weighted by Gasteiger charge is 2.65. The summed E-state index contributed by atoms with van der Waals surface area (Å²) in [6.07, 6.45) is -143. The highest BCUT2D eigenvalue weighted by atomic mass is 16.8. The molecule has 0 amide bonds. The first-order valence-electron chi connectivity index (χ1n) is 41.9. The molecule has 0 aromatic carbocycles. The van der Waals surface area contributed by atoms with Crippen LogP contribution in [0.3, 0.4) is 0 Å². The first-order valence-corrected chi connectivity index (χ1v) is 41.9. The Bertz CT molecular complexity index is 3600. The molecule has 0 unspecified atom stereocenters. The molecule has 12 saturated heterocycles. The second-order valence-corrected chi connectivity index (χ2v) is 33.7. The van der Waals surface area contributed by atoms with Crippen molar-refractivity contribution in [2.24, 2.45) is 0 Å². The van der Waals surface area contributed by atoms with Crippen molar-refractivity contribution in [3.8, 4) is 0 Å². The molecule has 0 aromatic rings. The smallest absolute Gasteiger partial charge is 0.335 e. The molecule has 0 aliphatic carbocycles. The quantitative estimate of drug-likeness (QED) is 0.0297. The van der Waals surface area contributed by atoms with E-state index in [1.54, 1.807) is 0 Å². The van der Waals surface area contributed by atoms with Gasteiger partial charge in [-0.3, -0.25) is 0 Å². The number of aliphatic hydroxyl groups is 34. The van der Waals surface area contributed by atoms with Gasteiger partial charge in [-0.1, -0.05) is 0 Å². The molecule has 0 spiro atoms. The van der Waals surface area contributed by atoms with Crippen molar-refractivity contribution >= 4 is 11.9 Å². The molecule has 61 heteroatoms. The fourth-order valence-electron chi connectivity index (χ4n) is 17.0. The summed E-state index contributed by atoms with van der Waals surface area (Å²) in [5.41, 5.74) is 0. The maximum Gasteiger partial charge on any atom is 0.335 e. The van der Waals surface area contributed by atoms with Gasteiger partial charge in [-0.2, -0.15) is 0 Å². The lowest BCUT2D eigenvalue weighted by Crippen LogP contribution is -2.71. The summed E-state index contributed by atoms with van der Waals surface area (Å²) in [6.45, 7) is -7.50. The molecule has 0 saturated carbocycles. The number of aliphatic carboxylic acids is 2. The van der Waals surface area contributed by atoms with E-state index in [4.69, 9.17) is 109 Å². The lowest BCUT2D eigenvalue weighted by Gasteiger charge is -2.52. The zero-order chi connectivity index (χ0) is 97.7. The first kappa shape index (κ1) is 108. The molecular formula is C72H118O61. The fourth-order valence-corrected chi connectivity index (χ4v) is 17.0. The standard InChI is InChI=1S/C72H118O61/c1-11-21(79)31(89)40(98)64(113-11)127-52-37(95)43(101)67(131-56(52)59(106)107)124-50-29(87)19(9-111-62-38(96)32(90)23(81)13(3-73)116-62)122-70(46(50)104)125-49-28(86)18(8-78)120-68(45(49)103)129-55-54(130-71-53(36(94)22(80)12(2)114-71)128-65-41(99)34(92)25(83)15(5-75)118-65)57(60(108)109)132-72(58(55)133-66-42(100)35(93)26(84)16(6-76)119-66)126-51-30(88)20(10-112-63-39(97)33(91)24(82)14(4-74)117-63)121-69(47(51)105)123-48-27(85)17(7-77)115-61(110)44(48)102/h11-58,61-105,110H,3-10H2,1-2H3,(H,106,107)(H,108,109)/t11-,12-,13+,14+,15+,16+,17+,18+,19+,20+,21-,22-,23-,24-,25-,26-,27+,28+,29+,30+,31+,32-,33-,34-,35-,36+,37+,38+,39+,40+,41+,42+,43+,44+,45+,46-,47-,48-,49-,50-,51-,52-,53+,54-,55-,56-,57-,58+,61+,62+,63+,64-,65-,66+,67-,68-,69+,70+,71-,72-/m0/s1. The molecule has 133 heavy (non-hydrogen) atoms. The van der Waals surface area contributed by atoms with Gasteiger partial charge in [0.25, 0.3) is 0 Å². The molecule has 0 aromatic heterocycles. The molecular weight excluding hydrogens is 1840 g/mol. The third kappa shape index (κ3) is 22.5.